The Morgan fingerprint density at radius 2 is 2.28 bits per heavy atom. The minimum absolute atomic E-state index is 0.0568. The van der Waals surface area contributed by atoms with Gasteiger partial charge in [-0.25, -0.2) is 4.98 Å². The van der Waals surface area contributed by atoms with Crippen molar-refractivity contribution in [2.75, 3.05) is 33.8 Å². The van der Waals surface area contributed by atoms with E-state index in [1.54, 1.807) is 23.5 Å². The molecule has 8 heteroatoms. The average molecular weight is 361 g/mol. The molecule has 3 rings (SSSR count). The maximum atomic E-state index is 12.5. The van der Waals surface area contributed by atoms with E-state index in [4.69, 9.17) is 4.74 Å². The van der Waals surface area contributed by atoms with E-state index in [1.807, 2.05) is 17.3 Å². The Labute approximate surface area is 151 Å². The van der Waals surface area contributed by atoms with Crippen LogP contribution in [0.15, 0.2) is 17.6 Å². The molecule has 1 aliphatic rings. The Morgan fingerprint density at radius 3 is 2.92 bits per heavy atom. The number of amides is 1. The van der Waals surface area contributed by atoms with E-state index in [0.29, 0.717) is 17.5 Å². The normalized spacial score (nSPS) is 17.3. The number of ether oxygens (including phenoxy) is 1. The summed E-state index contributed by atoms with van der Waals surface area (Å²) >= 11 is 1.70. The van der Waals surface area contributed by atoms with Crippen LogP contribution < -0.4 is 4.74 Å². The summed E-state index contributed by atoms with van der Waals surface area (Å²) < 4.78 is 4.98. The third-order valence-electron chi connectivity index (χ3n) is 4.47. The molecule has 2 aromatic heterocycles. The molecule has 2 aromatic rings. The van der Waals surface area contributed by atoms with Crippen LogP contribution in [0.1, 0.15) is 27.5 Å². The van der Waals surface area contributed by atoms with Crippen LogP contribution in [0.2, 0.25) is 0 Å². The number of nitrogens with zero attached hydrogens (tertiary/aromatic N) is 5. The number of carbonyl (C=O) groups excluding carboxylic acids is 1. The highest BCUT2D eigenvalue weighted by Gasteiger charge is 2.28. The van der Waals surface area contributed by atoms with Crippen molar-refractivity contribution >= 4 is 17.2 Å². The maximum Gasteiger partial charge on any atom is 0.274 e. The molecule has 1 atom stereocenters. The molecule has 0 spiro atoms. The minimum Gasteiger partial charge on any atom is -0.480 e. The fraction of sp³-hybridized carbons (Fsp3) is 0.529. The Kier molecular flexibility index (Phi) is 5.60. The molecule has 0 unspecified atom stereocenters. The first kappa shape index (κ1) is 17.8. The van der Waals surface area contributed by atoms with E-state index in [9.17, 15) is 4.79 Å². The topological polar surface area (TPSA) is 71.5 Å². The lowest BCUT2D eigenvalue weighted by atomic mass is 10.1. The van der Waals surface area contributed by atoms with Gasteiger partial charge in [0.15, 0.2) is 5.69 Å². The second-order valence-corrected chi connectivity index (χ2v) is 7.36. The van der Waals surface area contributed by atoms with Crippen LogP contribution in [0, 0.1) is 12.8 Å². The standard InChI is InChI=1S/C17H23N5O2S/c1-12-15(25-11-18-12)10-21(2)8-13-6-7-22(9-13)17(23)14-4-5-16(24-3)20-19-14/h4-5,11,13H,6-10H2,1-3H3/t13-/m1/s1. The third kappa shape index (κ3) is 4.32. The van der Waals surface area contributed by atoms with Crippen LogP contribution in [0.3, 0.4) is 0 Å². The predicted octanol–water partition coefficient (Wildman–Crippen LogP) is 1.84. The lowest BCUT2D eigenvalue weighted by Crippen LogP contribution is -2.32. The molecule has 0 aromatic carbocycles. The number of hydrogen-bond donors (Lipinski definition) is 0. The van der Waals surface area contributed by atoms with Crippen molar-refractivity contribution in [3.63, 3.8) is 0 Å². The van der Waals surface area contributed by atoms with Gasteiger partial charge in [-0.05, 0) is 32.4 Å². The van der Waals surface area contributed by atoms with E-state index in [2.05, 4.69) is 27.1 Å². The number of methoxy groups -OCH3 is 1. The van der Waals surface area contributed by atoms with Crippen molar-refractivity contribution in [2.45, 2.75) is 19.9 Å². The van der Waals surface area contributed by atoms with Crippen LogP contribution in [-0.2, 0) is 6.54 Å². The number of aromatic nitrogens is 3. The third-order valence-corrected chi connectivity index (χ3v) is 5.39. The number of rotatable bonds is 6. The molecule has 0 aliphatic carbocycles. The Bertz CT molecular complexity index is 718. The first-order valence-corrected chi connectivity index (χ1v) is 9.19. The molecule has 1 saturated heterocycles. The molecule has 0 bridgehead atoms. The number of carbonyl (C=O) groups is 1. The summed E-state index contributed by atoms with van der Waals surface area (Å²) in [6.07, 6.45) is 1.02. The van der Waals surface area contributed by atoms with Gasteiger partial charge in [-0.2, -0.15) is 0 Å². The van der Waals surface area contributed by atoms with Crippen molar-refractivity contribution in [1.82, 2.24) is 25.0 Å². The summed E-state index contributed by atoms with van der Waals surface area (Å²) in [6.45, 7) is 5.45. The SMILES string of the molecule is COc1ccc(C(=O)N2CC[C@H](CN(C)Cc3scnc3C)C2)nn1. The van der Waals surface area contributed by atoms with Gasteiger partial charge in [0.05, 0.1) is 18.3 Å². The molecule has 0 N–H and O–H groups in total. The molecular formula is C17H23N5O2S. The van der Waals surface area contributed by atoms with Crippen LogP contribution in [0.25, 0.3) is 0 Å². The second-order valence-electron chi connectivity index (χ2n) is 6.42. The Hall–Kier alpha value is -2.06. The quantitative estimate of drug-likeness (QED) is 0.782. The molecule has 1 aliphatic heterocycles. The first-order valence-electron chi connectivity index (χ1n) is 8.31. The smallest absolute Gasteiger partial charge is 0.274 e. The molecular weight excluding hydrogens is 338 g/mol. The summed E-state index contributed by atoms with van der Waals surface area (Å²) in [6, 6.07) is 3.33. The summed E-state index contributed by atoms with van der Waals surface area (Å²) in [5.41, 5.74) is 3.37. The first-order chi connectivity index (χ1) is 12.1. The van der Waals surface area contributed by atoms with E-state index in [1.165, 1.54) is 12.0 Å². The van der Waals surface area contributed by atoms with Crippen molar-refractivity contribution in [3.05, 3.63) is 33.9 Å². The fourth-order valence-corrected chi connectivity index (χ4v) is 3.96. The molecule has 0 radical (unpaired) electrons. The van der Waals surface area contributed by atoms with E-state index in [0.717, 1.165) is 38.3 Å². The largest absolute Gasteiger partial charge is 0.480 e. The molecule has 7 nitrogen and oxygen atoms in total. The highest BCUT2D eigenvalue weighted by atomic mass is 32.1. The monoisotopic (exact) mass is 361 g/mol. The fourth-order valence-electron chi connectivity index (χ4n) is 3.10. The van der Waals surface area contributed by atoms with Crippen LogP contribution in [0.5, 0.6) is 5.88 Å². The van der Waals surface area contributed by atoms with Crippen LogP contribution in [-0.4, -0.2) is 64.7 Å². The van der Waals surface area contributed by atoms with E-state index in [-0.39, 0.29) is 5.91 Å². The molecule has 0 saturated carbocycles. The van der Waals surface area contributed by atoms with E-state index < -0.39 is 0 Å². The number of hydrogen-bond acceptors (Lipinski definition) is 7. The molecule has 1 amide bonds. The number of thiazole rings is 1. The van der Waals surface area contributed by atoms with Gasteiger partial charge in [0.25, 0.3) is 5.91 Å². The second kappa shape index (κ2) is 7.88. The summed E-state index contributed by atoms with van der Waals surface area (Å²) in [4.78, 5) is 22.3. The van der Waals surface area contributed by atoms with Crippen molar-refractivity contribution in [2.24, 2.45) is 5.92 Å². The summed E-state index contributed by atoms with van der Waals surface area (Å²) in [5.74, 6) is 0.836. The van der Waals surface area contributed by atoms with Gasteiger partial charge in [-0.15, -0.1) is 21.5 Å². The minimum atomic E-state index is -0.0568. The Morgan fingerprint density at radius 1 is 1.44 bits per heavy atom. The maximum absolute atomic E-state index is 12.5. The van der Waals surface area contributed by atoms with Crippen molar-refractivity contribution < 1.29 is 9.53 Å². The molecule has 25 heavy (non-hydrogen) atoms. The van der Waals surface area contributed by atoms with Gasteiger partial charge in [-0.1, -0.05) is 0 Å². The highest BCUT2D eigenvalue weighted by molar-refractivity contribution is 7.09. The van der Waals surface area contributed by atoms with Gasteiger partial charge in [0, 0.05) is 37.1 Å². The predicted molar refractivity (Wildman–Crippen MR) is 95.8 cm³/mol. The zero-order valence-electron chi connectivity index (χ0n) is 14.8. The van der Waals surface area contributed by atoms with E-state index >= 15 is 0 Å². The lowest BCUT2D eigenvalue weighted by Gasteiger charge is -2.21. The van der Waals surface area contributed by atoms with Gasteiger partial charge in [0.1, 0.15) is 0 Å². The number of aryl methyl sites for hydroxylation is 1. The zero-order valence-corrected chi connectivity index (χ0v) is 15.6. The molecule has 134 valence electrons. The molecule has 3 heterocycles. The highest BCUT2D eigenvalue weighted by Crippen LogP contribution is 2.21. The van der Waals surface area contributed by atoms with Crippen LogP contribution >= 0.6 is 11.3 Å². The van der Waals surface area contributed by atoms with Crippen molar-refractivity contribution in [1.29, 1.82) is 0 Å². The van der Waals surface area contributed by atoms with Gasteiger partial charge in [-0.3, -0.25) is 4.79 Å². The van der Waals surface area contributed by atoms with Crippen molar-refractivity contribution in [3.8, 4) is 5.88 Å². The lowest BCUT2D eigenvalue weighted by molar-refractivity contribution is 0.0777. The van der Waals surface area contributed by atoms with Gasteiger partial charge in [0.2, 0.25) is 5.88 Å². The Balaban J connectivity index is 1.52. The summed E-state index contributed by atoms with van der Waals surface area (Å²) in [5, 5.41) is 7.83. The molecule has 1 fully saturated rings. The zero-order chi connectivity index (χ0) is 17.8. The number of likely N-dealkylation sites (tertiary alicyclic amines) is 1. The summed E-state index contributed by atoms with van der Waals surface area (Å²) in [7, 11) is 3.65. The van der Waals surface area contributed by atoms with Crippen LogP contribution in [0.4, 0.5) is 0 Å². The van der Waals surface area contributed by atoms with Gasteiger partial charge >= 0.3 is 0 Å². The van der Waals surface area contributed by atoms with Gasteiger partial charge < -0.3 is 14.5 Å². The average Bonchev–Trinajstić information content (AvgIpc) is 3.24.